The number of benzene rings is 2. The molecule has 31 heavy (non-hydrogen) atoms. The van der Waals surface area contributed by atoms with E-state index in [2.05, 4.69) is 20.8 Å². The summed E-state index contributed by atoms with van der Waals surface area (Å²) in [6.45, 7) is 2.30. The molecule has 10 heteroatoms. The number of rotatable bonds is 8. The average molecular weight is 478 g/mol. The van der Waals surface area contributed by atoms with Gasteiger partial charge in [0.25, 0.3) is 5.91 Å². The summed E-state index contributed by atoms with van der Waals surface area (Å²) in [5.74, 6) is 0.590. The smallest absolute Gasteiger partial charge is 0.251 e. The Kier molecular flexibility index (Phi) is 7.95. The maximum absolute atomic E-state index is 12.3. The Labute approximate surface area is 194 Å². The normalized spacial score (nSPS) is 10.7. The summed E-state index contributed by atoms with van der Waals surface area (Å²) in [6, 6.07) is 12.0. The third kappa shape index (κ3) is 6.46. The number of thioether (sulfide) groups is 1. The first-order valence-corrected chi connectivity index (χ1v) is 11.2. The van der Waals surface area contributed by atoms with Crippen molar-refractivity contribution < 1.29 is 9.59 Å². The van der Waals surface area contributed by atoms with Crippen LogP contribution in [0, 0.1) is 6.92 Å². The van der Waals surface area contributed by atoms with Crippen molar-refractivity contribution in [1.82, 2.24) is 20.1 Å². The molecule has 0 bridgehead atoms. The van der Waals surface area contributed by atoms with E-state index >= 15 is 0 Å². The number of hydrogen-bond acceptors (Lipinski definition) is 5. The molecule has 1 aromatic heterocycles. The summed E-state index contributed by atoms with van der Waals surface area (Å²) >= 11 is 13.1. The van der Waals surface area contributed by atoms with Gasteiger partial charge in [-0.2, -0.15) is 0 Å². The lowest BCUT2D eigenvalue weighted by Crippen LogP contribution is -2.26. The van der Waals surface area contributed by atoms with Crippen molar-refractivity contribution >= 4 is 52.5 Å². The fourth-order valence-corrected chi connectivity index (χ4v) is 3.85. The van der Waals surface area contributed by atoms with Gasteiger partial charge in [-0.3, -0.25) is 9.59 Å². The molecule has 0 fully saturated rings. The van der Waals surface area contributed by atoms with Crippen LogP contribution in [-0.2, 0) is 18.3 Å². The lowest BCUT2D eigenvalue weighted by atomic mass is 10.2. The topological polar surface area (TPSA) is 88.9 Å². The van der Waals surface area contributed by atoms with Gasteiger partial charge in [0.1, 0.15) is 5.82 Å². The van der Waals surface area contributed by atoms with Crippen molar-refractivity contribution in [3.63, 3.8) is 0 Å². The number of hydrogen-bond donors (Lipinski definition) is 2. The monoisotopic (exact) mass is 477 g/mol. The van der Waals surface area contributed by atoms with Crippen LogP contribution in [0.15, 0.2) is 47.6 Å². The number of nitrogens with one attached hydrogen (secondary N) is 2. The van der Waals surface area contributed by atoms with Crippen molar-refractivity contribution in [2.75, 3.05) is 17.6 Å². The molecule has 0 aliphatic carbocycles. The van der Waals surface area contributed by atoms with Crippen molar-refractivity contribution in [2.24, 2.45) is 7.05 Å². The third-order valence-electron chi connectivity index (χ3n) is 4.46. The van der Waals surface area contributed by atoms with Gasteiger partial charge < -0.3 is 15.2 Å². The molecule has 162 valence electrons. The summed E-state index contributed by atoms with van der Waals surface area (Å²) in [6.07, 6.45) is 0.513. The zero-order valence-corrected chi connectivity index (χ0v) is 19.3. The van der Waals surface area contributed by atoms with E-state index < -0.39 is 0 Å². The SMILES string of the molecule is Cc1cc(Cl)ccc1NC(=O)CSc1nnc(CCNC(=O)c2ccc(Cl)cc2)n1C. The summed E-state index contributed by atoms with van der Waals surface area (Å²) in [5, 5.41) is 15.8. The summed E-state index contributed by atoms with van der Waals surface area (Å²) in [5.41, 5.74) is 2.16. The second-order valence-corrected chi connectivity index (χ2v) is 8.58. The molecule has 3 rings (SSSR count). The molecule has 0 unspecified atom stereocenters. The molecule has 2 N–H and O–H groups in total. The number of nitrogens with zero attached hydrogens (tertiary/aromatic N) is 3. The van der Waals surface area contributed by atoms with Gasteiger partial charge in [0.05, 0.1) is 5.75 Å². The zero-order valence-electron chi connectivity index (χ0n) is 17.0. The van der Waals surface area contributed by atoms with Gasteiger partial charge in [0.2, 0.25) is 5.91 Å². The van der Waals surface area contributed by atoms with Crippen molar-refractivity contribution in [2.45, 2.75) is 18.5 Å². The molecule has 0 atom stereocenters. The van der Waals surface area contributed by atoms with Crippen molar-refractivity contribution in [3.05, 3.63) is 69.5 Å². The van der Waals surface area contributed by atoms with Crippen LogP contribution in [-0.4, -0.2) is 38.9 Å². The molecule has 0 aliphatic heterocycles. The Morgan fingerprint density at radius 1 is 1.06 bits per heavy atom. The maximum Gasteiger partial charge on any atom is 0.251 e. The van der Waals surface area contributed by atoms with Crippen molar-refractivity contribution in [1.29, 1.82) is 0 Å². The summed E-state index contributed by atoms with van der Waals surface area (Å²) < 4.78 is 1.82. The number of carbonyl (C=O) groups excluding carboxylic acids is 2. The third-order valence-corrected chi connectivity index (χ3v) is 5.97. The van der Waals surface area contributed by atoms with E-state index in [4.69, 9.17) is 23.2 Å². The van der Waals surface area contributed by atoms with Gasteiger partial charge in [-0.25, -0.2) is 0 Å². The van der Waals surface area contributed by atoms with E-state index in [0.29, 0.717) is 39.6 Å². The first-order chi connectivity index (χ1) is 14.8. The lowest BCUT2D eigenvalue weighted by molar-refractivity contribution is -0.113. The predicted octanol–water partition coefficient (Wildman–Crippen LogP) is 4.13. The maximum atomic E-state index is 12.3. The van der Waals surface area contributed by atoms with Gasteiger partial charge >= 0.3 is 0 Å². The van der Waals surface area contributed by atoms with Crippen LogP contribution in [0.5, 0.6) is 0 Å². The highest BCUT2D eigenvalue weighted by Gasteiger charge is 2.13. The molecule has 0 saturated carbocycles. The minimum absolute atomic E-state index is 0.143. The minimum Gasteiger partial charge on any atom is -0.352 e. The number of anilines is 1. The van der Waals surface area contributed by atoms with Crippen LogP contribution in [0.1, 0.15) is 21.7 Å². The fraction of sp³-hybridized carbons (Fsp3) is 0.238. The first-order valence-electron chi connectivity index (χ1n) is 9.44. The molecule has 2 aromatic carbocycles. The van der Waals surface area contributed by atoms with E-state index in [-0.39, 0.29) is 17.6 Å². The first kappa shape index (κ1) is 23.1. The average Bonchev–Trinajstić information content (AvgIpc) is 3.08. The molecule has 0 spiro atoms. The molecule has 0 aliphatic rings. The second-order valence-electron chi connectivity index (χ2n) is 6.77. The largest absolute Gasteiger partial charge is 0.352 e. The summed E-state index contributed by atoms with van der Waals surface area (Å²) in [4.78, 5) is 24.4. The van der Waals surface area contributed by atoms with Crippen LogP contribution in [0.2, 0.25) is 10.0 Å². The number of halogens is 2. The van der Waals surface area contributed by atoms with E-state index in [1.165, 1.54) is 11.8 Å². The molecule has 3 aromatic rings. The lowest BCUT2D eigenvalue weighted by Gasteiger charge is -2.09. The molecule has 7 nitrogen and oxygen atoms in total. The highest BCUT2D eigenvalue weighted by molar-refractivity contribution is 7.99. The van der Waals surface area contributed by atoms with Crippen LogP contribution < -0.4 is 10.6 Å². The Hall–Kier alpha value is -2.55. The van der Waals surface area contributed by atoms with Crippen molar-refractivity contribution in [3.8, 4) is 0 Å². The van der Waals surface area contributed by atoms with E-state index in [0.717, 1.165) is 11.3 Å². The Morgan fingerprint density at radius 3 is 2.48 bits per heavy atom. The highest BCUT2D eigenvalue weighted by atomic mass is 35.5. The fourth-order valence-electron chi connectivity index (χ4n) is 2.76. The predicted molar refractivity (Wildman–Crippen MR) is 124 cm³/mol. The van der Waals surface area contributed by atoms with Gasteiger partial charge in [0, 0.05) is 41.3 Å². The van der Waals surface area contributed by atoms with Gasteiger partial charge in [-0.1, -0.05) is 35.0 Å². The van der Waals surface area contributed by atoms with Crippen LogP contribution in [0.3, 0.4) is 0 Å². The van der Waals surface area contributed by atoms with Crippen LogP contribution >= 0.6 is 35.0 Å². The number of aromatic nitrogens is 3. The van der Waals surface area contributed by atoms with E-state index in [1.54, 1.807) is 42.5 Å². The molecule has 2 amide bonds. The Morgan fingerprint density at radius 2 is 1.77 bits per heavy atom. The molecular weight excluding hydrogens is 457 g/mol. The van der Waals surface area contributed by atoms with Gasteiger partial charge in [-0.15, -0.1) is 10.2 Å². The van der Waals surface area contributed by atoms with E-state index in [9.17, 15) is 9.59 Å². The van der Waals surface area contributed by atoms with Gasteiger partial charge in [0.15, 0.2) is 5.16 Å². The standard InChI is InChI=1S/C21H21Cl2N5O2S/c1-13-11-16(23)7-8-17(13)25-19(29)12-31-21-27-26-18(28(21)2)9-10-24-20(30)14-3-5-15(22)6-4-14/h3-8,11H,9-10,12H2,1-2H3,(H,24,30)(H,25,29). The molecular formula is C21H21Cl2N5O2S. The number of carbonyl (C=O) groups is 2. The van der Waals surface area contributed by atoms with E-state index in [1.807, 2.05) is 18.5 Å². The molecule has 1 heterocycles. The summed E-state index contributed by atoms with van der Waals surface area (Å²) in [7, 11) is 1.83. The molecule has 0 radical (unpaired) electrons. The number of aryl methyl sites for hydroxylation is 1. The highest BCUT2D eigenvalue weighted by Crippen LogP contribution is 2.21. The quantitative estimate of drug-likeness (QED) is 0.476. The van der Waals surface area contributed by atoms with Gasteiger partial charge in [-0.05, 0) is 55.0 Å². The molecule has 0 saturated heterocycles. The Balaban J connectivity index is 1.47. The zero-order chi connectivity index (χ0) is 22.4. The number of amides is 2. The van der Waals surface area contributed by atoms with Crippen LogP contribution in [0.25, 0.3) is 0 Å². The second kappa shape index (κ2) is 10.7. The Bertz CT molecular complexity index is 1090. The van der Waals surface area contributed by atoms with Crippen LogP contribution in [0.4, 0.5) is 5.69 Å². The minimum atomic E-state index is -0.178.